The monoisotopic (exact) mass is 386 g/mol. The number of hydrogen-bond donors (Lipinski definition) is 1. The van der Waals surface area contributed by atoms with Gasteiger partial charge >= 0.3 is 0 Å². The minimum absolute atomic E-state index is 0.656. The van der Waals surface area contributed by atoms with E-state index >= 15 is 0 Å². The summed E-state index contributed by atoms with van der Waals surface area (Å²) >= 11 is 1.64. The Morgan fingerprint density at radius 2 is 2.21 bits per heavy atom. The molecule has 5 rings (SSSR count). The highest BCUT2D eigenvalue weighted by molar-refractivity contribution is 7.12. The van der Waals surface area contributed by atoms with Crippen molar-refractivity contribution in [1.29, 1.82) is 5.26 Å². The lowest BCUT2D eigenvalue weighted by Crippen LogP contribution is -2.30. The lowest BCUT2D eigenvalue weighted by atomic mass is 10.00. The van der Waals surface area contributed by atoms with Crippen molar-refractivity contribution < 1.29 is 0 Å². The fourth-order valence-electron chi connectivity index (χ4n) is 3.76. The highest BCUT2D eigenvalue weighted by Gasteiger charge is 2.23. The van der Waals surface area contributed by atoms with Crippen LogP contribution in [0.3, 0.4) is 0 Å². The SMILES string of the molecule is N#Cc1cccc(-c2n[nH]c3c2CN(Cc2cccn2-c2nccs2)CC3)c1. The number of thiazole rings is 1. The van der Waals surface area contributed by atoms with E-state index in [4.69, 9.17) is 0 Å². The topological polar surface area (TPSA) is 73.5 Å². The zero-order valence-corrected chi connectivity index (χ0v) is 16.0. The molecule has 0 unspecified atom stereocenters. The van der Waals surface area contributed by atoms with Crippen LogP contribution in [0.5, 0.6) is 0 Å². The van der Waals surface area contributed by atoms with Gasteiger partial charge in [-0.15, -0.1) is 11.3 Å². The van der Waals surface area contributed by atoms with Gasteiger partial charge in [0.05, 0.1) is 17.3 Å². The Morgan fingerprint density at radius 3 is 3.07 bits per heavy atom. The van der Waals surface area contributed by atoms with Crippen LogP contribution in [0.25, 0.3) is 16.4 Å². The molecular weight excluding hydrogens is 368 g/mol. The molecule has 1 aliphatic heterocycles. The van der Waals surface area contributed by atoms with Gasteiger partial charge < -0.3 is 0 Å². The number of fused-ring (bicyclic) bond motifs is 1. The van der Waals surface area contributed by atoms with Gasteiger partial charge in [-0.2, -0.15) is 10.4 Å². The van der Waals surface area contributed by atoms with Gasteiger partial charge in [-0.05, 0) is 24.3 Å². The van der Waals surface area contributed by atoms with Crippen LogP contribution in [0.2, 0.25) is 0 Å². The Labute approximate surface area is 166 Å². The van der Waals surface area contributed by atoms with Gasteiger partial charge in [0.2, 0.25) is 0 Å². The first-order valence-corrected chi connectivity index (χ1v) is 10.0. The number of nitrogens with one attached hydrogen (secondary N) is 1. The highest BCUT2D eigenvalue weighted by Crippen LogP contribution is 2.29. The first kappa shape index (κ1) is 16.9. The second-order valence-electron chi connectivity index (χ2n) is 6.87. The second-order valence-corrected chi connectivity index (χ2v) is 7.74. The molecule has 0 fully saturated rings. The normalized spacial score (nSPS) is 14.0. The number of nitriles is 1. The summed E-state index contributed by atoms with van der Waals surface area (Å²) in [5, 5.41) is 20.0. The number of H-pyrrole nitrogens is 1. The van der Waals surface area contributed by atoms with E-state index in [-0.39, 0.29) is 0 Å². The van der Waals surface area contributed by atoms with Crippen molar-refractivity contribution in [2.45, 2.75) is 19.5 Å². The summed E-state index contributed by atoms with van der Waals surface area (Å²) in [5.41, 5.74) is 6.26. The van der Waals surface area contributed by atoms with Crippen LogP contribution in [0, 0.1) is 11.3 Å². The largest absolute Gasteiger partial charge is 0.296 e. The van der Waals surface area contributed by atoms with Crippen LogP contribution in [0.1, 0.15) is 22.5 Å². The Hall–Kier alpha value is -3.21. The summed E-state index contributed by atoms with van der Waals surface area (Å²) in [6, 6.07) is 14.1. The summed E-state index contributed by atoms with van der Waals surface area (Å²) in [5.74, 6) is 0. The molecule has 0 saturated carbocycles. The zero-order chi connectivity index (χ0) is 18.9. The molecule has 4 heterocycles. The molecule has 0 atom stereocenters. The molecule has 6 nitrogen and oxygen atoms in total. The lowest BCUT2D eigenvalue weighted by molar-refractivity contribution is 0.241. The van der Waals surface area contributed by atoms with Crippen LogP contribution in [-0.2, 0) is 19.5 Å². The molecule has 0 saturated heterocycles. The van der Waals surface area contributed by atoms with E-state index in [9.17, 15) is 5.26 Å². The van der Waals surface area contributed by atoms with Crippen LogP contribution in [0.4, 0.5) is 0 Å². The Kier molecular flexibility index (Phi) is 4.28. The van der Waals surface area contributed by atoms with Gasteiger partial charge in [-0.1, -0.05) is 12.1 Å². The Bertz CT molecular complexity index is 1150. The standard InChI is InChI=1S/C21H18N6S/c22-12-15-3-1-4-16(11-15)20-18-14-26(9-6-19(18)24-25-20)13-17-5-2-8-27(17)21-23-7-10-28-21/h1-5,7-8,10-11H,6,9,13-14H2,(H,24,25). The van der Waals surface area contributed by atoms with Gasteiger partial charge in [-0.3, -0.25) is 14.6 Å². The summed E-state index contributed by atoms with van der Waals surface area (Å²) in [6.07, 6.45) is 4.85. The van der Waals surface area contributed by atoms with Gasteiger partial charge in [0.25, 0.3) is 0 Å². The molecular formula is C21H18N6S. The molecule has 0 bridgehead atoms. The molecule has 0 spiro atoms. The molecule has 28 heavy (non-hydrogen) atoms. The molecule has 3 aromatic heterocycles. The smallest absolute Gasteiger partial charge is 0.193 e. The van der Waals surface area contributed by atoms with E-state index in [1.807, 2.05) is 35.8 Å². The average Bonchev–Trinajstić information content (AvgIpc) is 3.48. The van der Waals surface area contributed by atoms with Crippen LogP contribution >= 0.6 is 11.3 Å². The molecule has 0 aliphatic carbocycles. The minimum Gasteiger partial charge on any atom is -0.296 e. The zero-order valence-electron chi connectivity index (χ0n) is 15.2. The predicted molar refractivity (Wildman–Crippen MR) is 108 cm³/mol. The van der Waals surface area contributed by atoms with Crippen molar-refractivity contribution in [2.75, 3.05) is 6.54 Å². The van der Waals surface area contributed by atoms with Crippen molar-refractivity contribution in [2.24, 2.45) is 0 Å². The third-order valence-corrected chi connectivity index (χ3v) is 5.89. The molecule has 1 aliphatic rings. The fourth-order valence-corrected chi connectivity index (χ4v) is 4.41. The average molecular weight is 386 g/mol. The predicted octanol–water partition coefficient (Wildman–Crippen LogP) is 3.75. The van der Waals surface area contributed by atoms with Crippen LogP contribution < -0.4 is 0 Å². The number of rotatable bonds is 4. The summed E-state index contributed by atoms with van der Waals surface area (Å²) in [6.45, 7) is 2.67. The Balaban J connectivity index is 1.41. The van der Waals surface area contributed by atoms with Crippen LogP contribution in [0.15, 0.2) is 54.2 Å². The third kappa shape index (κ3) is 3.03. The van der Waals surface area contributed by atoms with Gasteiger partial charge in [-0.25, -0.2) is 4.98 Å². The van der Waals surface area contributed by atoms with E-state index in [2.05, 4.69) is 49.0 Å². The molecule has 0 amide bonds. The molecule has 1 N–H and O–H groups in total. The second kappa shape index (κ2) is 7.08. The van der Waals surface area contributed by atoms with Crippen molar-refractivity contribution in [3.8, 4) is 22.5 Å². The number of aromatic amines is 1. The van der Waals surface area contributed by atoms with E-state index in [0.717, 1.165) is 42.4 Å². The number of hydrogen-bond acceptors (Lipinski definition) is 5. The van der Waals surface area contributed by atoms with Crippen molar-refractivity contribution in [3.63, 3.8) is 0 Å². The number of aromatic nitrogens is 4. The first-order chi connectivity index (χ1) is 13.8. The summed E-state index contributed by atoms with van der Waals surface area (Å²) in [4.78, 5) is 6.87. The molecule has 0 radical (unpaired) electrons. The molecule has 7 heteroatoms. The maximum Gasteiger partial charge on any atom is 0.193 e. The van der Waals surface area contributed by atoms with Gasteiger partial charge in [0.1, 0.15) is 0 Å². The molecule has 138 valence electrons. The molecule has 1 aromatic carbocycles. The number of benzene rings is 1. The summed E-state index contributed by atoms with van der Waals surface area (Å²) < 4.78 is 2.16. The first-order valence-electron chi connectivity index (χ1n) is 9.17. The van der Waals surface area contributed by atoms with E-state index in [1.165, 1.54) is 17.0 Å². The van der Waals surface area contributed by atoms with Crippen molar-refractivity contribution in [1.82, 2.24) is 24.6 Å². The Morgan fingerprint density at radius 1 is 1.25 bits per heavy atom. The quantitative estimate of drug-likeness (QED) is 0.580. The minimum atomic E-state index is 0.656. The number of nitrogens with zero attached hydrogens (tertiary/aromatic N) is 5. The highest BCUT2D eigenvalue weighted by atomic mass is 32.1. The van der Waals surface area contributed by atoms with E-state index < -0.39 is 0 Å². The van der Waals surface area contributed by atoms with Crippen molar-refractivity contribution >= 4 is 11.3 Å². The maximum absolute atomic E-state index is 9.20. The van der Waals surface area contributed by atoms with Crippen molar-refractivity contribution in [3.05, 3.63) is 76.7 Å². The fraction of sp³-hybridized carbons (Fsp3) is 0.190. The lowest BCUT2D eigenvalue weighted by Gasteiger charge is -2.27. The van der Waals surface area contributed by atoms with Gasteiger partial charge in [0, 0.05) is 66.3 Å². The third-order valence-electron chi connectivity index (χ3n) is 5.12. The van der Waals surface area contributed by atoms with Crippen LogP contribution in [-0.4, -0.2) is 31.2 Å². The molecule has 4 aromatic rings. The van der Waals surface area contributed by atoms with E-state index in [0.29, 0.717) is 5.56 Å². The van der Waals surface area contributed by atoms with Gasteiger partial charge in [0.15, 0.2) is 5.13 Å². The van der Waals surface area contributed by atoms with E-state index in [1.54, 1.807) is 11.3 Å². The summed E-state index contributed by atoms with van der Waals surface area (Å²) in [7, 11) is 0. The maximum atomic E-state index is 9.20.